The molecule has 0 aliphatic rings. The highest BCUT2D eigenvalue weighted by Crippen LogP contribution is 2.41. The van der Waals surface area contributed by atoms with E-state index in [1.54, 1.807) is 17.4 Å². The van der Waals surface area contributed by atoms with Crippen molar-refractivity contribution >= 4 is 61.4 Å². The highest BCUT2D eigenvalue weighted by Gasteiger charge is 2.17. The van der Waals surface area contributed by atoms with Crippen LogP contribution in [-0.4, -0.2) is 8.75 Å². The predicted molar refractivity (Wildman–Crippen MR) is 120 cm³/mol. The van der Waals surface area contributed by atoms with Gasteiger partial charge in [-0.2, -0.15) is 8.75 Å². The van der Waals surface area contributed by atoms with Crippen LogP contribution >= 0.6 is 50.3 Å². The van der Waals surface area contributed by atoms with Crippen LogP contribution in [0.3, 0.4) is 0 Å². The van der Waals surface area contributed by atoms with Gasteiger partial charge >= 0.3 is 0 Å². The van der Waals surface area contributed by atoms with E-state index in [1.807, 2.05) is 11.3 Å². The Kier molecular flexibility index (Phi) is 6.02. The summed E-state index contributed by atoms with van der Waals surface area (Å²) in [6.45, 7) is 2.24. The van der Waals surface area contributed by atoms with Crippen molar-refractivity contribution in [2.45, 2.75) is 39.0 Å². The molecule has 27 heavy (non-hydrogen) atoms. The minimum absolute atomic E-state index is 0.300. The first-order valence-electron chi connectivity index (χ1n) is 8.97. The summed E-state index contributed by atoms with van der Waals surface area (Å²) in [7, 11) is 0. The fourth-order valence-corrected chi connectivity index (χ4v) is 6.29. The lowest BCUT2D eigenvalue weighted by atomic mass is 10.1. The van der Waals surface area contributed by atoms with Crippen LogP contribution in [-0.2, 0) is 6.42 Å². The molecule has 0 aliphatic carbocycles. The van der Waals surface area contributed by atoms with Crippen molar-refractivity contribution in [1.82, 2.24) is 8.75 Å². The van der Waals surface area contributed by atoms with Gasteiger partial charge in [0.15, 0.2) is 0 Å². The lowest BCUT2D eigenvalue weighted by Gasteiger charge is -2.01. The second kappa shape index (κ2) is 8.47. The zero-order valence-electron chi connectivity index (χ0n) is 14.8. The molecule has 0 bridgehead atoms. The number of aromatic nitrogens is 2. The second-order valence-electron chi connectivity index (χ2n) is 6.42. The minimum Gasteiger partial charge on any atom is -0.206 e. The Morgan fingerprint density at radius 3 is 2.52 bits per heavy atom. The molecule has 0 aliphatic heterocycles. The van der Waals surface area contributed by atoms with E-state index < -0.39 is 0 Å². The van der Waals surface area contributed by atoms with Gasteiger partial charge in [0, 0.05) is 25.1 Å². The van der Waals surface area contributed by atoms with Gasteiger partial charge in [-0.05, 0) is 59.1 Å². The molecule has 3 aromatic heterocycles. The van der Waals surface area contributed by atoms with Crippen molar-refractivity contribution in [1.29, 1.82) is 0 Å². The Morgan fingerprint density at radius 2 is 1.67 bits per heavy atom. The molecule has 0 amide bonds. The van der Waals surface area contributed by atoms with Crippen molar-refractivity contribution in [3.8, 4) is 20.2 Å². The van der Waals surface area contributed by atoms with E-state index in [2.05, 4.69) is 55.9 Å². The molecule has 2 nitrogen and oxygen atoms in total. The lowest BCUT2D eigenvalue weighted by molar-refractivity contribution is 0.623. The van der Waals surface area contributed by atoms with Crippen molar-refractivity contribution < 1.29 is 4.39 Å². The van der Waals surface area contributed by atoms with Gasteiger partial charge in [-0.25, -0.2) is 4.39 Å². The molecule has 0 saturated carbocycles. The summed E-state index contributed by atoms with van der Waals surface area (Å²) in [5.41, 5.74) is 2.16. The standard InChI is InChI=1S/C20H18BrFN2S3/c1-2-3-4-5-6-12-7-8-16(25-12)17-10-9-15(26-17)13-11-14(22)18(21)20-19(13)23-27-24-20/h7-11H,2-6H2,1H3. The van der Waals surface area contributed by atoms with Crippen molar-refractivity contribution in [2.75, 3.05) is 0 Å². The van der Waals surface area contributed by atoms with Crippen molar-refractivity contribution in [3.63, 3.8) is 0 Å². The molecule has 0 saturated heterocycles. The molecule has 1 aromatic carbocycles. The van der Waals surface area contributed by atoms with Gasteiger partial charge in [0.1, 0.15) is 16.9 Å². The summed E-state index contributed by atoms with van der Waals surface area (Å²) in [5, 5.41) is 0. The predicted octanol–water partition coefficient (Wildman–Crippen LogP) is 8.17. The zero-order valence-corrected chi connectivity index (χ0v) is 18.8. The first-order chi connectivity index (χ1) is 13.2. The van der Waals surface area contributed by atoms with Gasteiger partial charge in [0.25, 0.3) is 0 Å². The summed E-state index contributed by atoms with van der Waals surface area (Å²) < 4.78 is 23.3. The van der Waals surface area contributed by atoms with E-state index in [1.165, 1.54) is 40.3 Å². The average molecular weight is 481 g/mol. The Bertz CT molecular complexity index is 1070. The number of thiophene rings is 2. The Morgan fingerprint density at radius 1 is 0.926 bits per heavy atom. The van der Waals surface area contributed by atoms with Crippen LogP contribution in [0.4, 0.5) is 4.39 Å². The van der Waals surface area contributed by atoms with Gasteiger partial charge in [0.2, 0.25) is 0 Å². The molecule has 3 heterocycles. The summed E-state index contributed by atoms with van der Waals surface area (Å²) >= 11 is 7.94. The fraction of sp³-hybridized carbons (Fsp3) is 0.300. The fourth-order valence-electron chi connectivity index (χ4n) is 3.05. The molecule has 0 unspecified atom stereocenters. The van der Waals surface area contributed by atoms with Gasteiger partial charge < -0.3 is 0 Å². The molecule has 0 radical (unpaired) electrons. The van der Waals surface area contributed by atoms with Crippen LogP contribution in [0.25, 0.3) is 31.2 Å². The maximum Gasteiger partial charge on any atom is 0.140 e. The smallest absolute Gasteiger partial charge is 0.140 e. The van der Waals surface area contributed by atoms with Gasteiger partial charge in [-0.1, -0.05) is 26.2 Å². The number of halogens is 2. The largest absolute Gasteiger partial charge is 0.206 e. The third-order valence-corrected chi connectivity index (χ3v) is 8.23. The van der Waals surface area contributed by atoms with E-state index in [9.17, 15) is 4.39 Å². The molecule has 0 atom stereocenters. The Labute approximate surface area is 178 Å². The van der Waals surface area contributed by atoms with E-state index in [-0.39, 0.29) is 5.82 Å². The molecule has 0 N–H and O–H groups in total. The first kappa shape index (κ1) is 19.2. The highest BCUT2D eigenvalue weighted by molar-refractivity contribution is 9.10. The molecule has 4 rings (SSSR count). The number of nitrogens with zero attached hydrogens (tertiary/aromatic N) is 2. The van der Waals surface area contributed by atoms with Gasteiger partial charge in [-0.3, -0.25) is 0 Å². The molecule has 0 spiro atoms. The molecule has 7 heteroatoms. The average Bonchev–Trinajstić information content (AvgIpc) is 3.41. The monoisotopic (exact) mass is 480 g/mol. The minimum atomic E-state index is -0.300. The van der Waals surface area contributed by atoms with Crippen LogP contribution in [0, 0.1) is 5.82 Å². The molecule has 4 aromatic rings. The second-order valence-corrected chi connectivity index (χ2v) is 10.00. The highest BCUT2D eigenvalue weighted by atomic mass is 79.9. The van der Waals surface area contributed by atoms with E-state index >= 15 is 0 Å². The van der Waals surface area contributed by atoms with Crippen molar-refractivity contribution in [2.24, 2.45) is 0 Å². The van der Waals surface area contributed by atoms with Gasteiger partial charge in [0.05, 0.1) is 16.2 Å². The maximum absolute atomic E-state index is 14.3. The Hall–Kier alpha value is -1.15. The molecular formula is C20H18BrFN2S3. The topological polar surface area (TPSA) is 25.8 Å². The molecular weight excluding hydrogens is 463 g/mol. The first-order valence-corrected chi connectivity index (χ1v) is 12.1. The third kappa shape index (κ3) is 4.01. The SMILES string of the molecule is CCCCCCc1ccc(-c2ccc(-c3cc(F)c(Br)c4nsnc34)s2)s1. The van der Waals surface area contributed by atoms with Crippen LogP contribution in [0.15, 0.2) is 34.8 Å². The molecule has 0 fully saturated rings. The third-order valence-electron chi connectivity index (χ3n) is 4.48. The van der Waals surface area contributed by atoms with Crippen LogP contribution < -0.4 is 0 Å². The number of hydrogen-bond donors (Lipinski definition) is 0. The zero-order chi connectivity index (χ0) is 18.8. The van der Waals surface area contributed by atoms with Crippen LogP contribution in [0.2, 0.25) is 0 Å². The van der Waals surface area contributed by atoms with Crippen molar-refractivity contribution in [3.05, 3.63) is 45.5 Å². The number of aryl methyl sites for hydroxylation is 1. The Balaban J connectivity index is 1.59. The summed E-state index contributed by atoms with van der Waals surface area (Å²) in [5.74, 6) is -0.300. The molecule has 140 valence electrons. The summed E-state index contributed by atoms with van der Waals surface area (Å²) in [4.78, 5) is 4.96. The normalized spacial score (nSPS) is 11.5. The lowest BCUT2D eigenvalue weighted by Crippen LogP contribution is -1.84. The van der Waals surface area contributed by atoms with E-state index in [4.69, 9.17) is 0 Å². The van der Waals surface area contributed by atoms with E-state index in [0.717, 1.165) is 34.1 Å². The summed E-state index contributed by atoms with van der Waals surface area (Å²) in [6, 6.07) is 10.2. The van der Waals surface area contributed by atoms with Gasteiger partial charge in [-0.15, -0.1) is 22.7 Å². The number of hydrogen-bond acceptors (Lipinski definition) is 5. The summed E-state index contributed by atoms with van der Waals surface area (Å²) in [6.07, 6.45) is 6.31. The maximum atomic E-state index is 14.3. The quantitative estimate of drug-likeness (QED) is 0.249. The number of benzene rings is 1. The number of fused-ring (bicyclic) bond motifs is 1. The number of unbranched alkanes of at least 4 members (excludes halogenated alkanes) is 3. The van der Waals surface area contributed by atoms with Crippen LogP contribution in [0.1, 0.15) is 37.5 Å². The number of rotatable bonds is 7. The van der Waals surface area contributed by atoms with E-state index in [0.29, 0.717) is 9.99 Å². The van der Waals surface area contributed by atoms with Crippen LogP contribution in [0.5, 0.6) is 0 Å².